The molecule has 1 aliphatic rings. The summed E-state index contributed by atoms with van der Waals surface area (Å²) in [7, 11) is -0.657. The minimum Gasteiger partial charge on any atom is -0.308 e. The Morgan fingerprint density at radius 3 is 2.50 bits per heavy atom. The predicted molar refractivity (Wildman–Crippen MR) is 128 cm³/mol. The summed E-state index contributed by atoms with van der Waals surface area (Å²) in [6, 6.07) is 14.0. The van der Waals surface area contributed by atoms with Crippen LogP contribution in [0.3, 0.4) is 0 Å². The molecule has 1 aliphatic heterocycles. The number of sulfonamides is 1. The van der Waals surface area contributed by atoms with Crippen LogP contribution in [0.2, 0.25) is 5.02 Å². The molecule has 0 saturated carbocycles. The van der Waals surface area contributed by atoms with Crippen LogP contribution in [0.25, 0.3) is 23.4 Å². The van der Waals surface area contributed by atoms with Gasteiger partial charge >= 0.3 is 0 Å². The van der Waals surface area contributed by atoms with E-state index in [-0.39, 0.29) is 10.8 Å². The molecule has 164 valence electrons. The highest BCUT2D eigenvalue weighted by atomic mass is 35.5. The first-order chi connectivity index (χ1) is 15.2. The lowest BCUT2D eigenvalue weighted by atomic mass is 10.0. The molecule has 0 unspecified atom stereocenters. The molecule has 0 spiro atoms. The summed E-state index contributed by atoms with van der Waals surface area (Å²) in [6.07, 6.45) is 5.54. The fourth-order valence-electron chi connectivity index (χ4n) is 3.66. The summed E-state index contributed by atoms with van der Waals surface area (Å²) in [5, 5.41) is 0.588. The van der Waals surface area contributed by atoms with E-state index in [0.29, 0.717) is 22.8 Å². The lowest BCUT2D eigenvalue weighted by Gasteiger charge is -2.26. The second-order valence-corrected chi connectivity index (χ2v) is 10.3. The number of anilines is 1. The zero-order valence-corrected chi connectivity index (χ0v) is 19.5. The monoisotopic (exact) mass is 467 g/mol. The molecule has 2 heterocycles. The van der Waals surface area contributed by atoms with Gasteiger partial charge in [-0.3, -0.25) is 9.78 Å². The lowest BCUT2D eigenvalue weighted by molar-refractivity contribution is -0.116. The van der Waals surface area contributed by atoms with E-state index >= 15 is 0 Å². The Bertz CT molecular complexity index is 1350. The molecule has 2 aromatic carbocycles. The Kier molecular flexibility index (Phi) is 5.90. The molecule has 3 aromatic rings. The summed E-state index contributed by atoms with van der Waals surface area (Å²) < 4.78 is 26.9. The smallest absolute Gasteiger partial charge is 0.243 e. The number of halogens is 1. The van der Waals surface area contributed by atoms with E-state index in [0.717, 1.165) is 22.4 Å². The van der Waals surface area contributed by atoms with Gasteiger partial charge in [0.1, 0.15) is 0 Å². The van der Waals surface area contributed by atoms with Crippen LogP contribution < -0.4 is 4.90 Å². The van der Waals surface area contributed by atoms with Gasteiger partial charge < -0.3 is 4.90 Å². The number of amides is 1. The van der Waals surface area contributed by atoms with Crippen molar-refractivity contribution in [1.29, 1.82) is 0 Å². The minimum absolute atomic E-state index is 0.108. The van der Waals surface area contributed by atoms with Gasteiger partial charge in [-0.1, -0.05) is 42.0 Å². The number of hydrogen-bond donors (Lipinski definition) is 0. The molecule has 1 amide bonds. The van der Waals surface area contributed by atoms with E-state index in [9.17, 15) is 13.2 Å². The van der Waals surface area contributed by atoms with Gasteiger partial charge in [0.25, 0.3) is 0 Å². The van der Waals surface area contributed by atoms with E-state index in [1.807, 2.05) is 30.4 Å². The number of hydrogen-bond acceptors (Lipinski definition) is 4. The fraction of sp³-hybridized carbons (Fsp3) is 0.167. The first-order valence-electron chi connectivity index (χ1n) is 9.95. The van der Waals surface area contributed by atoms with Crippen molar-refractivity contribution >= 4 is 45.4 Å². The molecule has 0 fully saturated rings. The van der Waals surface area contributed by atoms with Crippen molar-refractivity contribution < 1.29 is 13.2 Å². The molecule has 1 aromatic heterocycles. The van der Waals surface area contributed by atoms with Crippen LogP contribution in [0.5, 0.6) is 0 Å². The van der Waals surface area contributed by atoms with E-state index in [1.165, 1.54) is 25.3 Å². The van der Waals surface area contributed by atoms with Crippen molar-refractivity contribution in [2.24, 2.45) is 0 Å². The maximum Gasteiger partial charge on any atom is 0.243 e. The molecule has 0 bridgehead atoms. The molecule has 0 N–H and O–H groups in total. The van der Waals surface area contributed by atoms with Crippen molar-refractivity contribution in [3.05, 3.63) is 76.4 Å². The second kappa shape index (κ2) is 8.50. The Hall–Kier alpha value is -3.00. The summed E-state index contributed by atoms with van der Waals surface area (Å²) in [4.78, 5) is 18.9. The van der Waals surface area contributed by atoms with Gasteiger partial charge in [0.15, 0.2) is 0 Å². The van der Waals surface area contributed by atoms with Crippen LogP contribution in [-0.2, 0) is 21.4 Å². The molecular formula is C24H22ClN3O3S. The molecule has 0 aliphatic carbocycles. The van der Waals surface area contributed by atoms with Gasteiger partial charge in [-0.15, -0.1) is 0 Å². The third-order valence-electron chi connectivity index (χ3n) is 5.38. The Labute approximate surface area is 192 Å². The quantitative estimate of drug-likeness (QED) is 0.560. The van der Waals surface area contributed by atoms with Crippen LogP contribution in [0.15, 0.2) is 59.6 Å². The molecule has 0 radical (unpaired) electrons. The lowest BCUT2D eigenvalue weighted by Crippen LogP contribution is -2.29. The number of carbonyl (C=O) groups is 1. The highest BCUT2D eigenvalue weighted by molar-refractivity contribution is 7.89. The van der Waals surface area contributed by atoms with Crippen molar-refractivity contribution in [3.8, 4) is 11.3 Å². The second-order valence-electron chi connectivity index (χ2n) is 7.69. The van der Waals surface area contributed by atoms with Gasteiger partial charge in [-0.05, 0) is 47.0 Å². The van der Waals surface area contributed by atoms with Crippen LogP contribution in [0.4, 0.5) is 5.69 Å². The summed E-state index contributed by atoms with van der Waals surface area (Å²) in [5.74, 6) is -0.108. The molecule has 32 heavy (non-hydrogen) atoms. The van der Waals surface area contributed by atoms with Crippen LogP contribution >= 0.6 is 11.6 Å². The van der Waals surface area contributed by atoms with E-state index in [1.54, 1.807) is 41.4 Å². The number of fused-ring (bicyclic) bond motifs is 2. The van der Waals surface area contributed by atoms with E-state index in [4.69, 9.17) is 11.6 Å². The Balaban J connectivity index is 1.87. The maximum absolute atomic E-state index is 12.8. The number of nitrogens with zero attached hydrogens (tertiary/aromatic N) is 3. The molecule has 0 atom stereocenters. The van der Waals surface area contributed by atoms with Gasteiger partial charge in [0.2, 0.25) is 15.9 Å². The Morgan fingerprint density at radius 2 is 1.78 bits per heavy atom. The van der Waals surface area contributed by atoms with Crippen molar-refractivity contribution in [1.82, 2.24) is 9.29 Å². The number of rotatable bonds is 3. The Morgan fingerprint density at radius 1 is 1.06 bits per heavy atom. The summed E-state index contributed by atoms with van der Waals surface area (Å²) in [6.45, 7) is 1.84. The molecule has 8 heteroatoms. The van der Waals surface area contributed by atoms with Gasteiger partial charge in [0, 0.05) is 37.8 Å². The van der Waals surface area contributed by atoms with E-state index in [2.05, 4.69) is 4.98 Å². The van der Waals surface area contributed by atoms with Gasteiger partial charge in [0.05, 0.1) is 22.8 Å². The predicted octanol–water partition coefficient (Wildman–Crippen LogP) is 4.69. The van der Waals surface area contributed by atoms with Crippen LogP contribution in [0, 0.1) is 0 Å². The molecule has 4 rings (SSSR count). The number of aromatic nitrogens is 1. The van der Waals surface area contributed by atoms with Crippen molar-refractivity contribution in [2.45, 2.75) is 18.4 Å². The third kappa shape index (κ3) is 4.07. The zero-order valence-electron chi connectivity index (χ0n) is 17.9. The van der Waals surface area contributed by atoms with Gasteiger partial charge in [-0.25, -0.2) is 12.7 Å². The van der Waals surface area contributed by atoms with E-state index < -0.39 is 10.0 Å². The first-order valence-corrected chi connectivity index (χ1v) is 11.8. The van der Waals surface area contributed by atoms with Crippen LogP contribution in [-0.4, -0.2) is 37.7 Å². The van der Waals surface area contributed by atoms with Crippen molar-refractivity contribution in [2.75, 3.05) is 19.0 Å². The summed E-state index contributed by atoms with van der Waals surface area (Å²) in [5.41, 5.74) is 4.34. The van der Waals surface area contributed by atoms with Crippen molar-refractivity contribution in [3.63, 3.8) is 0 Å². The zero-order chi connectivity index (χ0) is 23.0. The van der Waals surface area contributed by atoms with Gasteiger partial charge in [-0.2, -0.15) is 0 Å². The fourth-order valence-corrected chi connectivity index (χ4v) is 4.94. The third-order valence-corrected chi connectivity index (χ3v) is 7.49. The van der Waals surface area contributed by atoms with Crippen LogP contribution in [0.1, 0.15) is 23.6 Å². The molecule has 0 saturated heterocycles. The average molecular weight is 468 g/mol. The minimum atomic E-state index is -3.66. The standard InChI is InChI=1S/C24H22ClN3O3S/c1-16(29)28-15-19-13-22(21-6-4-5-7-24(21)32(30,31)27(2)3)26-14-18(19)9-8-17-12-20(25)10-11-23(17)28/h4-14H,15H2,1-3H3. The SMILES string of the molecule is CC(=O)N1Cc2cc(-c3ccccc3S(=O)(=O)N(C)C)ncc2C=Cc2cc(Cl)ccc21. The largest absolute Gasteiger partial charge is 0.308 e. The number of carbonyl (C=O) groups excluding carboxylic acids is 1. The normalized spacial score (nSPS) is 13.3. The number of benzene rings is 2. The molecular weight excluding hydrogens is 446 g/mol. The highest BCUT2D eigenvalue weighted by Crippen LogP contribution is 2.33. The maximum atomic E-state index is 12.8. The molecule has 6 nitrogen and oxygen atoms in total. The topological polar surface area (TPSA) is 70.6 Å². The average Bonchev–Trinajstić information content (AvgIpc) is 2.75. The summed E-state index contributed by atoms with van der Waals surface area (Å²) >= 11 is 6.16. The highest BCUT2D eigenvalue weighted by Gasteiger charge is 2.24. The number of pyridine rings is 1. The first kappa shape index (κ1) is 22.2.